The van der Waals surface area contributed by atoms with Gasteiger partial charge in [-0.1, -0.05) is 0 Å². The van der Waals surface area contributed by atoms with Gasteiger partial charge in [0.25, 0.3) is 0 Å². The Hall–Kier alpha value is -1.95. The van der Waals surface area contributed by atoms with Crippen molar-refractivity contribution in [2.45, 2.75) is 25.3 Å². The van der Waals surface area contributed by atoms with Crippen LogP contribution in [-0.4, -0.2) is 39.6 Å². The minimum absolute atomic E-state index is 0.682. The molecule has 6 nitrogen and oxygen atoms in total. The van der Waals surface area contributed by atoms with E-state index in [2.05, 4.69) is 43.7 Å². The standard InChI is InChI=1S/C16H22N6/c1-21-14(6-7-18-21)9-17-8-12-10-22(11-12)16-5-4-15(19-20-16)13-2-3-13/h4-7,12-13,17H,2-3,8-11H2,1H3. The number of rotatable bonds is 6. The summed E-state index contributed by atoms with van der Waals surface area (Å²) < 4.78 is 1.91. The number of anilines is 1. The van der Waals surface area contributed by atoms with Gasteiger partial charge in [0.05, 0.1) is 11.4 Å². The van der Waals surface area contributed by atoms with Crippen LogP contribution in [0.25, 0.3) is 0 Å². The number of aromatic nitrogens is 4. The molecule has 0 aromatic carbocycles. The first-order valence-corrected chi connectivity index (χ1v) is 8.06. The molecule has 0 radical (unpaired) electrons. The smallest absolute Gasteiger partial charge is 0.151 e. The first-order chi connectivity index (χ1) is 10.8. The van der Waals surface area contributed by atoms with Crippen LogP contribution in [-0.2, 0) is 13.6 Å². The van der Waals surface area contributed by atoms with Gasteiger partial charge in [-0.15, -0.1) is 5.10 Å². The van der Waals surface area contributed by atoms with Crippen LogP contribution in [0.15, 0.2) is 24.4 Å². The van der Waals surface area contributed by atoms with Crippen molar-refractivity contribution < 1.29 is 0 Å². The van der Waals surface area contributed by atoms with Gasteiger partial charge in [0.2, 0.25) is 0 Å². The van der Waals surface area contributed by atoms with Crippen LogP contribution in [0, 0.1) is 5.92 Å². The highest BCUT2D eigenvalue weighted by atomic mass is 15.3. The van der Waals surface area contributed by atoms with E-state index in [1.165, 1.54) is 24.2 Å². The molecule has 0 amide bonds. The molecule has 1 N–H and O–H groups in total. The summed E-state index contributed by atoms with van der Waals surface area (Å²) in [5, 5.41) is 16.4. The van der Waals surface area contributed by atoms with Crippen LogP contribution in [0.3, 0.4) is 0 Å². The van der Waals surface area contributed by atoms with Crippen molar-refractivity contribution >= 4 is 5.82 Å². The Bertz CT molecular complexity index is 624. The molecule has 2 aromatic rings. The summed E-state index contributed by atoms with van der Waals surface area (Å²) in [6, 6.07) is 6.32. The molecule has 0 spiro atoms. The highest BCUT2D eigenvalue weighted by Crippen LogP contribution is 2.38. The molecular formula is C16H22N6. The van der Waals surface area contributed by atoms with Crippen LogP contribution in [0.2, 0.25) is 0 Å². The molecule has 2 aromatic heterocycles. The van der Waals surface area contributed by atoms with Gasteiger partial charge < -0.3 is 10.2 Å². The topological polar surface area (TPSA) is 58.9 Å². The summed E-state index contributed by atoms with van der Waals surface area (Å²) in [5.74, 6) is 2.40. The minimum Gasteiger partial charge on any atom is -0.354 e. The Morgan fingerprint density at radius 2 is 2.05 bits per heavy atom. The predicted molar refractivity (Wildman–Crippen MR) is 84.6 cm³/mol. The third kappa shape index (κ3) is 2.83. The van der Waals surface area contributed by atoms with Crippen LogP contribution in [0.4, 0.5) is 5.82 Å². The molecule has 4 rings (SSSR count). The van der Waals surface area contributed by atoms with Crippen molar-refractivity contribution in [2.24, 2.45) is 13.0 Å². The molecule has 1 saturated carbocycles. The summed E-state index contributed by atoms with van der Waals surface area (Å²) in [6.45, 7) is 4.05. The Balaban J connectivity index is 1.21. The van der Waals surface area contributed by atoms with Gasteiger partial charge in [-0.3, -0.25) is 4.68 Å². The fourth-order valence-electron chi connectivity index (χ4n) is 2.97. The fourth-order valence-corrected chi connectivity index (χ4v) is 2.97. The average Bonchev–Trinajstić information content (AvgIpc) is 3.26. The maximum absolute atomic E-state index is 4.37. The van der Waals surface area contributed by atoms with Crippen molar-refractivity contribution in [3.05, 3.63) is 35.8 Å². The van der Waals surface area contributed by atoms with Gasteiger partial charge in [0.15, 0.2) is 5.82 Å². The summed E-state index contributed by atoms with van der Waals surface area (Å²) >= 11 is 0. The van der Waals surface area contributed by atoms with E-state index in [1.807, 2.05) is 17.9 Å². The average molecular weight is 298 g/mol. The predicted octanol–water partition coefficient (Wildman–Crippen LogP) is 1.31. The molecule has 6 heteroatoms. The van der Waals surface area contributed by atoms with E-state index in [4.69, 9.17) is 0 Å². The van der Waals surface area contributed by atoms with Crippen LogP contribution in [0.5, 0.6) is 0 Å². The molecule has 1 saturated heterocycles. The van der Waals surface area contributed by atoms with Gasteiger partial charge >= 0.3 is 0 Å². The molecular weight excluding hydrogens is 276 g/mol. The van der Waals surface area contributed by atoms with Gasteiger partial charge in [-0.25, -0.2) is 0 Å². The monoisotopic (exact) mass is 298 g/mol. The molecule has 1 aliphatic heterocycles. The number of hydrogen-bond acceptors (Lipinski definition) is 5. The SMILES string of the molecule is Cn1nccc1CNCC1CN(c2ccc(C3CC3)nn2)C1. The third-order valence-corrected chi connectivity index (χ3v) is 4.61. The van der Waals surface area contributed by atoms with Crippen molar-refractivity contribution in [3.8, 4) is 0 Å². The van der Waals surface area contributed by atoms with Gasteiger partial charge in [-0.2, -0.15) is 10.2 Å². The number of nitrogens with zero attached hydrogens (tertiary/aromatic N) is 5. The van der Waals surface area contributed by atoms with E-state index >= 15 is 0 Å². The highest BCUT2D eigenvalue weighted by Gasteiger charge is 2.29. The molecule has 1 aliphatic carbocycles. The van der Waals surface area contributed by atoms with Crippen molar-refractivity contribution in [1.82, 2.24) is 25.3 Å². The molecule has 116 valence electrons. The molecule has 22 heavy (non-hydrogen) atoms. The molecule has 0 atom stereocenters. The Morgan fingerprint density at radius 3 is 2.68 bits per heavy atom. The Labute approximate surface area is 130 Å². The maximum atomic E-state index is 4.37. The summed E-state index contributed by atoms with van der Waals surface area (Å²) in [7, 11) is 1.98. The first kappa shape index (κ1) is 13.7. The van der Waals surface area contributed by atoms with E-state index in [0.717, 1.165) is 32.0 Å². The summed E-state index contributed by atoms with van der Waals surface area (Å²) in [4.78, 5) is 2.31. The largest absolute Gasteiger partial charge is 0.354 e. The second-order valence-electron chi connectivity index (χ2n) is 6.44. The van der Waals surface area contributed by atoms with Crippen LogP contribution >= 0.6 is 0 Å². The maximum Gasteiger partial charge on any atom is 0.151 e. The number of hydrogen-bond donors (Lipinski definition) is 1. The highest BCUT2D eigenvalue weighted by molar-refractivity contribution is 5.41. The number of aryl methyl sites for hydroxylation is 1. The molecule has 2 fully saturated rings. The minimum atomic E-state index is 0.682. The second kappa shape index (κ2) is 5.68. The fraction of sp³-hybridized carbons (Fsp3) is 0.562. The van der Waals surface area contributed by atoms with E-state index < -0.39 is 0 Å². The van der Waals surface area contributed by atoms with Gasteiger partial charge in [0, 0.05) is 51.3 Å². The number of nitrogens with one attached hydrogen (secondary N) is 1. The zero-order valence-corrected chi connectivity index (χ0v) is 12.9. The molecule has 3 heterocycles. The van der Waals surface area contributed by atoms with Crippen molar-refractivity contribution in [3.63, 3.8) is 0 Å². The van der Waals surface area contributed by atoms with E-state index in [-0.39, 0.29) is 0 Å². The normalized spacial score (nSPS) is 18.5. The van der Waals surface area contributed by atoms with E-state index in [0.29, 0.717) is 11.8 Å². The lowest BCUT2D eigenvalue weighted by Crippen LogP contribution is -2.51. The Kier molecular flexibility index (Phi) is 3.54. The van der Waals surface area contributed by atoms with E-state index in [1.54, 1.807) is 0 Å². The lowest BCUT2D eigenvalue weighted by atomic mass is 10.0. The van der Waals surface area contributed by atoms with E-state index in [9.17, 15) is 0 Å². The molecule has 0 bridgehead atoms. The lowest BCUT2D eigenvalue weighted by molar-refractivity contribution is 0.379. The first-order valence-electron chi connectivity index (χ1n) is 8.06. The van der Waals surface area contributed by atoms with Crippen molar-refractivity contribution in [1.29, 1.82) is 0 Å². The van der Waals surface area contributed by atoms with Crippen LogP contribution in [0.1, 0.15) is 30.1 Å². The van der Waals surface area contributed by atoms with Crippen LogP contribution < -0.4 is 10.2 Å². The second-order valence-corrected chi connectivity index (χ2v) is 6.44. The summed E-state index contributed by atoms with van der Waals surface area (Å²) in [5.41, 5.74) is 2.39. The molecule has 2 aliphatic rings. The zero-order chi connectivity index (χ0) is 14.9. The molecule has 0 unspecified atom stereocenters. The zero-order valence-electron chi connectivity index (χ0n) is 12.9. The van der Waals surface area contributed by atoms with Gasteiger partial charge in [0.1, 0.15) is 0 Å². The lowest BCUT2D eigenvalue weighted by Gasteiger charge is -2.40. The summed E-state index contributed by atoms with van der Waals surface area (Å²) in [6.07, 6.45) is 4.40. The Morgan fingerprint density at radius 1 is 1.18 bits per heavy atom. The van der Waals surface area contributed by atoms with Crippen molar-refractivity contribution in [2.75, 3.05) is 24.5 Å². The quantitative estimate of drug-likeness (QED) is 0.871. The van der Waals surface area contributed by atoms with Gasteiger partial charge in [-0.05, 0) is 31.0 Å². The third-order valence-electron chi connectivity index (χ3n) is 4.61.